The summed E-state index contributed by atoms with van der Waals surface area (Å²) in [4.78, 5) is 23.6. The third-order valence-electron chi connectivity index (χ3n) is 4.37. The molecule has 0 aliphatic carbocycles. The number of thiazole rings is 1. The fourth-order valence-corrected chi connectivity index (χ4v) is 3.99. The molecule has 146 valence electrons. The number of aromatic nitrogens is 1. The van der Waals surface area contributed by atoms with Gasteiger partial charge in [0.15, 0.2) is 10.2 Å². The fourth-order valence-electron chi connectivity index (χ4n) is 3.01. The van der Waals surface area contributed by atoms with Gasteiger partial charge < -0.3 is 15.5 Å². The lowest BCUT2D eigenvalue weighted by Gasteiger charge is -2.21. The van der Waals surface area contributed by atoms with Crippen LogP contribution in [0.2, 0.25) is 5.02 Å². The predicted molar refractivity (Wildman–Crippen MR) is 122 cm³/mol. The van der Waals surface area contributed by atoms with E-state index in [1.54, 1.807) is 24.2 Å². The second-order valence-corrected chi connectivity index (χ2v) is 7.98. The first kappa shape index (κ1) is 19.5. The van der Waals surface area contributed by atoms with Gasteiger partial charge in [-0.3, -0.25) is 4.79 Å². The lowest BCUT2D eigenvalue weighted by Crippen LogP contribution is -2.47. The third kappa shape index (κ3) is 4.14. The fraction of sp³-hybridized carbons (Fsp3) is 0.100. The normalized spacial score (nSPS) is 15.9. The number of fused-ring (bicyclic) bond motifs is 1. The van der Waals surface area contributed by atoms with Crippen LogP contribution in [-0.2, 0) is 4.79 Å². The molecule has 29 heavy (non-hydrogen) atoms. The molecule has 4 rings (SSSR count). The van der Waals surface area contributed by atoms with Crippen LogP contribution in [0.15, 0.2) is 65.1 Å². The number of benzodiazepines with no additional fused rings is 1. The van der Waals surface area contributed by atoms with Gasteiger partial charge in [-0.15, -0.1) is 11.3 Å². The number of rotatable bonds is 3. The van der Waals surface area contributed by atoms with Crippen LogP contribution in [0, 0.1) is 0 Å². The number of carbonyl (C=O) groups excluding carboxylic acids is 1. The van der Waals surface area contributed by atoms with Crippen molar-refractivity contribution >= 4 is 62.7 Å². The molecular formula is C20H16ClN5OS2. The van der Waals surface area contributed by atoms with Crippen LogP contribution >= 0.6 is 35.2 Å². The number of halogens is 1. The molecule has 2 aromatic carbocycles. The van der Waals surface area contributed by atoms with E-state index >= 15 is 0 Å². The van der Waals surface area contributed by atoms with Gasteiger partial charge in [-0.2, -0.15) is 0 Å². The first-order chi connectivity index (χ1) is 14.0. The number of thiocarbonyl (C=S) groups is 1. The molecule has 0 fully saturated rings. The maximum atomic E-state index is 13.1. The molecule has 1 unspecified atom stereocenters. The molecule has 9 heteroatoms. The SMILES string of the molecule is CN1C(=O)C(NC(=S)Nc2nccs2)N=C(c2ccccc2)c2cc(Cl)ccc21. The van der Waals surface area contributed by atoms with Gasteiger partial charge in [0.2, 0.25) is 6.17 Å². The van der Waals surface area contributed by atoms with Crippen molar-refractivity contribution in [2.45, 2.75) is 6.17 Å². The van der Waals surface area contributed by atoms with E-state index in [-0.39, 0.29) is 11.0 Å². The number of benzene rings is 2. The van der Waals surface area contributed by atoms with Crippen molar-refractivity contribution in [2.75, 3.05) is 17.3 Å². The molecule has 3 aromatic rings. The zero-order valence-electron chi connectivity index (χ0n) is 15.3. The highest BCUT2D eigenvalue weighted by molar-refractivity contribution is 7.80. The maximum absolute atomic E-state index is 13.1. The number of anilines is 2. The van der Waals surface area contributed by atoms with Gasteiger partial charge in [0, 0.05) is 34.8 Å². The molecule has 0 saturated carbocycles. The van der Waals surface area contributed by atoms with E-state index in [1.807, 2.05) is 47.8 Å². The van der Waals surface area contributed by atoms with Crippen molar-refractivity contribution in [1.29, 1.82) is 0 Å². The summed E-state index contributed by atoms with van der Waals surface area (Å²) in [5, 5.41) is 9.29. The molecule has 0 bridgehead atoms. The van der Waals surface area contributed by atoms with Crippen molar-refractivity contribution in [2.24, 2.45) is 4.99 Å². The molecule has 1 aliphatic rings. The Labute approximate surface area is 182 Å². The van der Waals surface area contributed by atoms with Crippen LogP contribution in [0.25, 0.3) is 0 Å². The molecule has 2 N–H and O–H groups in total. The largest absolute Gasteiger partial charge is 0.333 e. The summed E-state index contributed by atoms with van der Waals surface area (Å²) in [6, 6.07) is 15.1. The summed E-state index contributed by atoms with van der Waals surface area (Å²) in [7, 11) is 1.71. The van der Waals surface area contributed by atoms with Crippen molar-refractivity contribution in [1.82, 2.24) is 10.3 Å². The topological polar surface area (TPSA) is 69.6 Å². The summed E-state index contributed by atoms with van der Waals surface area (Å²) in [6.45, 7) is 0. The molecular weight excluding hydrogens is 426 g/mol. The van der Waals surface area contributed by atoms with E-state index in [2.05, 4.69) is 15.6 Å². The van der Waals surface area contributed by atoms with E-state index in [0.29, 0.717) is 15.9 Å². The summed E-state index contributed by atoms with van der Waals surface area (Å²) >= 11 is 13.0. The van der Waals surface area contributed by atoms with Crippen molar-refractivity contribution in [3.05, 3.63) is 76.3 Å². The van der Waals surface area contributed by atoms with Gasteiger partial charge in [-0.05, 0) is 30.4 Å². The zero-order valence-corrected chi connectivity index (χ0v) is 17.7. The Hall–Kier alpha value is -2.81. The van der Waals surface area contributed by atoms with Gasteiger partial charge >= 0.3 is 0 Å². The Morgan fingerprint density at radius 3 is 2.76 bits per heavy atom. The molecule has 1 atom stereocenters. The van der Waals surface area contributed by atoms with Gasteiger partial charge in [-0.25, -0.2) is 9.98 Å². The number of likely N-dealkylation sites (N-methyl/N-ethyl adjacent to an activating group) is 1. The van der Waals surface area contributed by atoms with Gasteiger partial charge in [-0.1, -0.05) is 41.9 Å². The molecule has 1 aliphatic heterocycles. The lowest BCUT2D eigenvalue weighted by molar-refractivity contribution is -0.119. The number of hydrogen-bond donors (Lipinski definition) is 2. The Kier molecular flexibility index (Phi) is 5.57. The van der Waals surface area contributed by atoms with Crippen LogP contribution in [0.4, 0.5) is 10.8 Å². The monoisotopic (exact) mass is 441 g/mol. The van der Waals surface area contributed by atoms with Crippen molar-refractivity contribution in [3.63, 3.8) is 0 Å². The second kappa shape index (κ2) is 8.28. The summed E-state index contributed by atoms with van der Waals surface area (Å²) in [5.74, 6) is -0.234. The third-order valence-corrected chi connectivity index (χ3v) is 5.51. The van der Waals surface area contributed by atoms with E-state index in [4.69, 9.17) is 28.8 Å². The number of hydrogen-bond acceptors (Lipinski definition) is 5. The summed E-state index contributed by atoms with van der Waals surface area (Å²) in [6.07, 6.45) is 0.771. The summed E-state index contributed by atoms with van der Waals surface area (Å²) < 4.78 is 0. The number of amides is 1. The van der Waals surface area contributed by atoms with E-state index in [1.165, 1.54) is 11.3 Å². The van der Waals surface area contributed by atoms with Crippen molar-refractivity contribution in [3.8, 4) is 0 Å². The molecule has 1 amide bonds. The number of carbonyl (C=O) groups is 1. The summed E-state index contributed by atoms with van der Waals surface area (Å²) in [5.41, 5.74) is 3.05. The number of nitrogens with zero attached hydrogens (tertiary/aromatic N) is 3. The number of aliphatic imine (C=N–C) groups is 1. The highest BCUT2D eigenvalue weighted by Crippen LogP contribution is 2.29. The number of nitrogens with one attached hydrogen (secondary N) is 2. The minimum Gasteiger partial charge on any atom is -0.333 e. The van der Waals surface area contributed by atoms with Crippen LogP contribution in [0.1, 0.15) is 11.1 Å². The Morgan fingerprint density at radius 1 is 1.24 bits per heavy atom. The van der Waals surface area contributed by atoms with Crippen LogP contribution < -0.4 is 15.5 Å². The Morgan fingerprint density at radius 2 is 2.03 bits per heavy atom. The van der Waals surface area contributed by atoms with Crippen molar-refractivity contribution < 1.29 is 4.79 Å². The first-order valence-corrected chi connectivity index (χ1v) is 10.4. The standard InChI is InChI=1S/C20H16ClN5OS2/c1-26-15-8-7-13(21)11-14(15)16(12-5-3-2-4-6-12)23-17(18(26)27)24-19(28)25-20-22-9-10-29-20/h2-11,17H,1H3,(H2,22,24,25,28). The van der Waals surface area contributed by atoms with Crippen LogP contribution in [0.5, 0.6) is 0 Å². The Balaban J connectivity index is 1.75. The highest BCUT2D eigenvalue weighted by atomic mass is 35.5. The van der Waals surface area contributed by atoms with Crippen LogP contribution in [-0.4, -0.2) is 34.9 Å². The highest BCUT2D eigenvalue weighted by Gasteiger charge is 2.30. The molecule has 1 aromatic heterocycles. The van der Waals surface area contributed by atoms with Gasteiger partial charge in [0.05, 0.1) is 11.4 Å². The minimum absolute atomic E-state index is 0.234. The Bertz CT molecular complexity index is 1090. The zero-order chi connectivity index (χ0) is 20.4. The van der Waals surface area contributed by atoms with Crippen LogP contribution in [0.3, 0.4) is 0 Å². The predicted octanol–water partition coefficient (Wildman–Crippen LogP) is 3.92. The smallest absolute Gasteiger partial charge is 0.272 e. The second-order valence-electron chi connectivity index (χ2n) is 6.24. The lowest BCUT2D eigenvalue weighted by atomic mass is 10.0. The molecule has 0 saturated heterocycles. The van der Waals surface area contributed by atoms with Gasteiger partial charge in [0.1, 0.15) is 0 Å². The van der Waals surface area contributed by atoms with E-state index in [0.717, 1.165) is 16.8 Å². The van der Waals surface area contributed by atoms with E-state index in [9.17, 15) is 4.79 Å². The van der Waals surface area contributed by atoms with Gasteiger partial charge in [0.25, 0.3) is 5.91 Å². The molecule has 0 spiro atoms. The average molecular weight is 442 g/mol. The molecule has 6 nitrogen and oxygen atoms in total. The maximum Gasteiger partial charge on any atom is 0.272 e. The molecule has 0 radical (unpaired) electrons. The molecule has 2 heterocycles. The average Bonchev–Trinajstić information content (AvgIpc) is 3.20. The van der Waals surface area contributed by atoms with E-state index < -0.39 is 6.17 Å². The quantitative estimate of drug-likeness (QED) is 0.603. The first-order valence-electron chi connectivity index (χ1n) is 8.70. The minimum atomic E-state index is -0.902.